The Morgan fingerprint density at radius 3 is 3.23 bits per heavy atom. The topological polar surface area (TPSA) is 67.0 Å². The van der Waals surface area contributed by atoms with E-state index in [4.69, 9.17) is 4.74 Å². The summed E-state index contributed by atoms with van der Waals surface area (Å²) in [5.41, 5.74) is 3.10. The van der Waals surface area contributed by atoms with Crippen LogP contribution in [-0.4, -0.2) is 22.5 Å². The third-order valence-electron chi connectivity index (χ3n) is 3.77. The highest BCUT2D eigenvalue weighted by atomic mass is 32.1. The minimum absolute atomic E-state index is 0.0447. The van der Waals surface area contributed by atoms with Crippen LogP contribution < -0.4 is 5.32 Å². The van der Waals surface area contributed by atoms with Crippen LogP contribution in [0.15, 0.2) is 30.5 Å². The van der Waals surface area contributed by atoms with E-state index in [1.165, 1.54) is 11.3 Å². The maximum Gasteiger partial charge on any atom is 0.230 e. The van der Waals surface area contributed by atoms with E-state index in [0.717, 1.165) is 33.5 Å². The van der Waals surface area contributed by atoms with Gasteiger partial charge >= 0.3 is 0 Å². The van der Waals surface area contributed by atoms with Crippen molar-refractivity contribution >= 4 is 33.3 Å². The molecule has 4 rings (SSSR count). The van der Waals surface area contributed by atoms with Gasteiger partial charge in [0.1, 0.15) is 0 Å². The molecule has 0 spiro atoms. The Hall–Kier alpha value is -2.18. The Balaban J connectivity index is 1.49. The number of H-pyrrole nitrogens is 1. The van der Waals surface area contributed by atoms with Crippen LogP contribution in [0, 0.1) is 0 Å². The molecule has 0 fully saturated rings. The lowest BCUT2D eigenvalue weighted by molar-refractivity contribution is -0.115. The number of anilines is 1. The summed E-state index contributed by atoms with van der Waals surface area (Å²) in [5.74, 6) is -0.0447. The first-order valence-electron chi connectivity index (χ1n) is 7.21. The van der Waals surface area contributed by atoms with Gasteiger partial charge in [0.25, 0.3) is 0 Å². The third-order valence-corrected chi connectivity index (χ3v) is 4.75. The largest absolute Gasteiger partial charge is 0.375 e. The molecule has 3 heterocycles. The van der Waals surface area contributed by atoms with E-state index in [0.29, 0.717) is 24.8 Å². The molecule has 0 radical (unpaired) electrons. The molecule has 5 nitrogen and oxygen atoms in total. The number of nitrogens with zero attached hydrogens (tertiary/aromatic N) is 1. The second-order valence-corrected chi connectivity index (χ2v) is 6.36. The van der Waals surface area contributed by atoms with Crippen LogP contribution >= 0.6 is 11.3 Å². The summed E-state index contributed by atoms with van der Waals surface area (Å²) < 4.78 is 5.40. The number of amides is 1. The van der Waals surface area contributed by atoms with Gasteiger partial charge in [0.15, 0.2) is 5.13 Å². The molecule has 0 aliphatic carbocycles. The number of carbonyl (C=O) groups is 1. The standard InChI is InChI=1S/C16H15N3O2S/c20-15(7-10-8-17-12-4-2-1-3-11(10)12)19-16-18-13-5-6-21-9-14(13)22-16/h1-4,8,17H,5-7,9H2,(H,18,19,20). The predicted octanol–water partition coefficient (Wildman–Crippen LogP) is 2.88. The molecule has 3 aromatic rings. The molecule has 1 amide bonds. The monoisotopic (exact) mass is 313 g/mol. The normalized spacial score (nSPS) is 14.0. The number of benzene rings is 1. The summed E-state index contributed by atoms with van der Waals surface area (Å²) in [7, 11) is 0. The van der Waals surface area contributed by atoms with E-state index in [-0.39, 0.29) is 5.91 Å². The lowest BCUT2D eigenvalue weighted by Crippen LogP contribution is -2.14. The van der Waals surface area contributed by atoms with Crippen molar-refractivity contribution < 1.29 is 9.53 Å². The van der Waals surface area contributed by atoms with Gasteiger partial charge in [-0.05, 0) is 11.6 Å². The highest BCUT2D eigenvalue weighted by Gasteiger charge is 2.17. The molecule has 0 saturated carbocycles. The minimum Gasteiger partial charge on any atom is -0.375 e. The molecule has 112 valence electrons. The van der Waals surface area contributed by atoms with Crippen LogP contribution in [0.3, 0.4) is 0 Å². The number of hydrogen-bond donors (Lipinski definition) is 2. The zero-order valence-electron chi connectivity index (χ0n) is 11.9. The highest BCUT2D eigenvalue weighted by Crippen LogP contribution is 2.27. The number of nitrogens with one attached hydrogen (secondary N) is 2. The van der Waals surface area contributed by atoms with Gasteiger partial charge in [-0.2, -0.15) is 0 Å². The molecule has 0 unspecified atom stereocenters. The summed E-state index contributed by atoms with van der Waals surface area (Å²) >= 11 is 1.50. The summed E-state index contributed by atoms with van der Waals surface area (Å²) in [4.78, 5) is 21.0. The molecule has 2 N–H and O–H groups in total. The number of hydrogen-bond acceptors (Lipinski definition) is 4. The van der Waals surface area contributed by atoms with Crippen molar-refractivity contribution in [2.75, 3.05) is 11.9 Å². The molecular weight excluding hydrogens is 298 g/mol. The van der Waals surface area contributed by atoms with Crippen molar-refractivity contribution in [1.29, 1.82) is 0 Å². The number of ether oxygens (including phenoxy) is 1. The SMILES string of the molecule is O=C(Cc1c[nH]c2ccccc12)Nc1nc2c(s1)COCC2. The first-order chi connectivity index (χ1) is 10.8. The number of fused-ring (bicyclic) bond motifs is 2. The van der Waals surface area contributed by atoms with Crippen molar-refractivity contribution in [1.82, 2.24) is 9.97 Å². The number of carbonyl (C=O) groups excluding carboxylic acids is 1. The lowest BCUT2D eigenvalue weighted by Gasteiger charge is -2.08. The third kappa shape index (κ3) is 2.51. The Morgan fingerprint density at radius 1 is 1.41 bits per heavy atom. The quantitative estimate of drug-likeness (QED) is 0.781. The molecule has 2 aromatic heterocycles. The van der Waals surface area contributed by atoms with E-state index in [9.17, 15) is 4.79 Å². The Kier molecular flexibility index (Phi) is 3.40. The van der Waals surface area contributed by atoms with Crippen molar-refractivity contribution in [2.24, 2.45) is 0 Å². The number of aromatic nitrogens is 2. The fourth-order valence-electron chi connectivity index (χ4n) is 2.69. The Bertz CT molecular complexity index is 813. The molecule has 1 aromatic carbocycles. The smallest absolute Gasteiger partial charge is 0.230 e. The van der Waals surface area contributed by atoms with E-state index in [2.05, 4.69) is 15.3 Å². The Morgan fingerprint density at radius 2 is 2.32 bits per heavy atom. The number of thiazole rings is 1. The van der Waals surface area contributed by atoms with Crippen LogP contribution in [0.4, 0.5) is 5.13 Å². The molecule has 0 saturated heterocycles. The van der Waals surface area contributed by atoms with Crippen LogP contribution in [0.25, 0.3) is 10.9 Å². The number of para-hydroxylation sites is 1. The summed E-state index contributed by atoms with van der Waals surface area (Å²) in [6.45, 7) is 1.31. The van der Waals surface area contributed by atoms with E-state index in [1.807, 2.05) is 30.5 Å². The fourth-order valence-corrected chi connectivity index (χ4v) is 3.65. The van der Waals surface area contributed by atoms with Gasteiger partial charge in [0.2, 0.25) is 5.91 Å². The van der Waals surface area contributed by atoms with Crippen LogP contribution in [0.5, 0.6) is 0 Å². The van der Waals surface area contributed by atoms with E-state index < -0.39 is 0 Å². The van der Waals surface area contributed by atoms with Gasteiger partial charge < -0.3 is 15.0 Å². The van der Waals surface area contributed by atoms with E-state index in [1.54, 1.807) is 0 Å². The molecule has 0 atom stereocenters. The molecule has 1 aliphatic heterocycles. The van der Waals surface area contributed by atoms with Crippen molar-refractivity contribution in [2.45, 2.75) is 19.4 Å². The molecule has 1 aliphatic rings. The summed E-state index contributed by atoms with van der Waals surface area (Å²) in [6, 6.07) is 7.98. The van der Waals surface area contributed by atoms with Crippen molar-refractivity contribution in [3.05, 3.63) is 46.6 Å². The fraction of sp³-hybridized carbons (Fsp3) is 0.250. The van der Waals surface area contributed by atoms with Gasteiger partial charge in [0, 0.05) is 23.5 Å². The first kappa shape index (κ1) is 13.5. The van der Waals surface area contributed by atoms with Crippen LogP contribution in [0.2, 0.25) is 0 Å². The second-order valence-electron chi connectivity index (χ2n) is 5.28. The van der Waals surface area contributed by atoms with Crippen LogP contribution in [-0.2, 0) is 29.0 Å². The maximum absolute atomic E-state index is 12.2. The minimum atomic E-state index is -0.0447. The van der Waals surface area contributed by atoms with E-state index >= 15 is 0 Å². The molecule has 22 heavy (non-hydrogen) atoms. The van der Waals surface area contributed by atoms with Gasteiger partial charge in [-0.15, -0.1) is 0 Å². The predicted molar refractivity (Wildman–Crippen MR) is 86.1 cm³/mol. The first-order valence-corrected chi connectivity index (χ1v) is 8.02. The van der Waals surface area contributed by atoms with Crippen molar-refractivity contribution in [3.8, 4) is 0 Å². The number of rotatable bonds is 3. The second kappa shape index (κ2) is 5.55. The van der Waals surface area contributed by atoms with Gasteiger partial charge in [-0.1, -0.05) is 29.5 Å². The zero-order chi connectivity index (χ0) is 14.9. The van der Waals surface area contributed by atoms with Crippen molar-refractivity contribution in [3.63, 3.8) is 0 Å². The van der Waals surface area contributed by atoms with Crippen LogP contribution in [0.1, 0.15) is 16.1 Å². The summed E-state index contributed by atoms with van der Waals surface area (Å²) in [6.07, 6.45) is 3.06. The average molecular weight is 313 g/mol. The van der Waals surface area contributed by atoms with Gasteiger partial charge in [-0.25, -0.2) is 4.98 Å². The zero-order valence-corrected chi connectivity index (χ0v) is 12.7. The highest BCUT2D eigenvalue weighted by molar-refractivity contribution is 7.15. The average Bonchev–Trinajstić information content (AvgIpc) is 3.11. The van der Waals surface area contributed by atoms with Gasteiger partial charge in [-0.3, -0.25) is 4.79 Å². The molecule has 6 heteroatoms. The lowest BCUT2D eigenvalue weighted by atomic mass is 10.1. The Labute approximate surface area is 131 Å². The maximum atomic E-state index is 12.2. The number of aromatic amines is 1. The summed E-state index contributed by atoms with van der Waals surface area (Å²) in [5, 5.41) is 4.66. The van der Waals surface area contributed by atoms with Gasteiger partial charge in [0.05, 0.1) is 30.2 Å². The molecular formula is C16H15N3O2S. The molecule has 0 bridgehead atoms.